The lowest BCUT2D eigenvalue weighted by Gasteiger charge is -2.30. The van der Waals surface area contributed by atoms with Crippen molar-refractivity contribution < 1.29 is 19.4 Å². The van der Waals surface area contributed by atoms with Gasteiger partial charge in [0.05, 0.1) is 6.10 Å². The number of rotatable bonds is 6. The molecule has 1 rings (SSSR count). The van der Waals surface area contributed by atoms with Crippen LogP contribution in [0.5, 0.6) is 0 Å². The van der Waals surface area contributed by atoms with Crippen LogP contribution in [0.2, 0.25) is 0 Å². The van der Waals surface area contributed by atoms with E-state index in [2.05, 4.69) is 24.1 Å². The minimum Gasteiger partial charge on any atom is -0.480 e. The highest BCUT2D eigenvalue weighted by Gasteiger charge is 2.40. The van der Waals surface area contributed by atoms with E-state index in [1.165, 1.54) is 12.0 Å². The van der Waals surface area contributed by atoms with Crippen LogP contribution in [0.4, 0.5) is 4.79 Å². The number of hydrogen-bond acceptors (Lipinski definition) is 4. The van der Waals surface area contributed by atoms with Gasteiger partial charge in [-0.25, -0.2) is 9.59 Å². The second kappa shape index (κ2) is 7.09. The van der Waals surface area contributed by atoms with Crippen molar-refractivity contribution in [2.75, 3.05) is 40.8 Å². The van der Waals surface area contributed by atoms with E-state index < -0.39 is 12.0 Å². The Morgan fingerprint density at radius 3 is 2.52 bits per heavy atom. The summed E-state index contributed by atoms with van der Waals surface area (Å²) in [5.41, 5.74) is -0.0851. The van der Waals surface area contributed by atoms with Gasteiger partial charge in [-0.1, -0.05) is 13.8 Å². The number of hydrogen-bond donors (Lipinski definition) is 2. The Labute approximate surface area is 126 Å². The minimum absolute atomic E-state index is 0.0851. The third-order valence-corrected chi connectivity index (χ3v) is 3.60. The first-order valence-electron chi connectivity index (χ1n) is 7.11. The van der Waals surface area contributed by atoms with Crippen molar-refractivity contribution in [1.29, 1.82) is 0 Å². The zero-order chi connectivity index (χ0) is 16.2. The van der Waals surface area contributed by atoms with Gasteiger partial charge in [-0.2, -0.15) is 0 Å². The molecule has 1 saturated heterocycles. The van der Waals surface area contributed by atoms with Crippen LogP contribution in [-0.2, 0) is 9.53 Å². The molecule has 0 spiro atoms. The lowest BCUT2D eigenvalue weighted by molar-refractivity contribution is -0.141. The number of nitrogens with one attached hydrogen (secondary N) is 1. The molecule has 0 aromatic rings. The van der Waals surface area contributed by atoms with E-state index in [0.717, 1.165) is 6.54 Å². The molecule has 2 amide bonds. The van der Waals surface area contributed by atoms with Gasteiger partial charge in [0.15, 0.2) is 0 Å². The van der Waals surface area contributed by atoms with Gasteiger partial charge in [-0.3, -0.25) is 0 Å². The van der Waals surface area contributed by atoms with Gasteiger partial charge in [0, 0.05) is 33.2 Å². The van der Waals surface area contributed by atoms with E-state index in [1.807, 2.05) is 14.1 Å². The van der Waals surface area contributed by atoms with Crippen LogP contribution in [0.15, 0.2) is 0 Å². The number of ether oxygens (including phenoxy) is 1. The molecule has 0 saturated carbocycles. The molecule has 7 nitrogen and oxygen atoms in total. The number of likely N-dealkylation sites (tertiary alicyclic amines) is 1. The molecule has 7 heteroatoms. The smallest absolute Gasteiger partial charge is 0.326 e. The van der Waals surface area contributed by atoms with Crippen molar-refractivity contribution in [3.63, 3.8) is 0 Å². The average Bonchev–Trinajstić information content (AvgIpc) is 2.79. The van der Waals surface area contributed by atoms with E-state index in [9.17, 15) is 14.7 Å². The first-order valence-corrected chi connectivity index (χ1v) is 7.11. The van der Waals surface area contributed by atoms with Crippen molar-refractivity contribution in [3.05, 3.63) is 0 Å². The monoisotopic (exact) mass is 301 g/mol. The summed E-state index contributed by atoms with van der Waals surface area (Å²) in [6.07, 6.45) is 0.118. The summed E-state index contributed by atoms with van der Waals surface area (Å²) >= 11 is 0. The topological polar surface area (TPSA) is 82.1 Å². The van der Waals surface area contributed by atoms with Gasteiger partial charge < -0.3 is 25.0 Å². The molecule has 0 bridgehead atoms. The number of carboxylic acid groups (broad SMARTS) is 1. The minimum atomic E-state index is -0.989. The predicted octanol–water partition coefficient (Wildman–Crippen LogP) is 0.458. The summed E-state index contributed by atoms with van der Waals surface area (Å²) in [5.74, 6) is -0.989. The Morgan fingerprint density at radius 2 is 2.05 bits per heavy atom. The standard InChI is InChI=1S/C14H27N3O4/c1-14(2,9-16(3)4)8-15-13(20)17-7-10(21-5)6-11(17)12(18)19/h10-11H,6-9H2,1-5H3,(H,15,20)(H,18,19). The van der Waals surface area contributed by atoms with E-state index in [1.54, 1.807) is 0 Å². The SMILES string of the molecule is COC1CC(C(=O)O)N(C(=O)NCC(C)(C)CN(C)C)C1. The fraction of sp³-hybridized carbons (Fsp3) is 0.857. The molecule has 21 heavy (non-hydrogen) atoms. The molecule has 122 valence electrons. The predicted molar refractivity (Wildman–Crippen MR) is 79.3 cm³/mol. The van der Waals surface area contributed by atoms with E-state index in [4.69, 9.17) is 4.74 Å². The third kappa shape index (κ3) is 5.17. The molecular weight excluding hydrogens is 274 g/mol. The van der Waals surface area contributed by atoms with Crippen LogP contribution in [0.1, 0.15) is 20.3 Å². The molecule has 0 aliphatic carbocycles. The molecule has 1 fully saturated rings. The van der Waals surface area contributed by atoms with E-state index >= 15 is 0 Å². The lowest BCUT2D eigenvalue weighted by atomic mass is 9.93. The number of methoxy groups -OCH3 is 1. The average molecular weight is 301 g/mol. The number of amides is 2. The van der Waals surface area contributed by atoms with Gasteiger partial charge >= 0.3 is 12.0 Å². The maximum Gasteiger partial charge on any atom is 0.326 e. The van der Waals surface area contributed by atoms with Crippen molar-refractivity contribution in [1.82, 2.24) is 15.1 Å². The summed E-state index contributed by atoms with van der Waals surface area (Å²) in [6, 6.07) is -1.15. The fourth-order valence-electron chi connectivity index (χ4n) is 2.76. The Kier molecular flexibility index (Phi) is 5.98. The van der Waals surface area contributed by atoms with Gasteiger partial charge in [-0.15, -0.1) is 0 Å². The summed E-state index contributed by atoms with van der Waals surface area (Å²) < 4.78 is 5.18. The van der Waals surface area contributed by atoms with Gasteiger partial charge in [-0.05, 0) is 19.5 Å². The second-order valence-corrected chi connectivity index (χ2v) is 6.66. The Bertz CT molecular complexity index is 384. The van der Waals surface area contributed by atoms with Crippen molar-refractivity contribution >= 4 is 12.0 Å². The van der Waals surface area contributed by atoms with Crippen LogP contribution >= 0.6 is 0 Å². The summed E-state index contributed by atoms with van der Waals surface area (Å²) in [6.45, 7) is 5.75. The highest BCUT2D eigenvalue weighted by molar-refractivity contribution is 5.83. The maximum atomic E-state index is 12.2. The summed E-state index contributed by atoms with van der Waals surface area (Å²) in [4.78, 5) is 26.9. The van der Waals surface area contributed by atoms with Crippen molar-refractivity contribution in [3.8, 4) is 0 Å². The Hall–Kier alpha value is -1.34. The van der Waals surface area contributed by atoms with E-state index in [0.29, 0.717) is 19.5 Å². The molecular formula is C14H27N3O4. The Morgan fingerprint density at radius 1 is 1.43 bits per heavy atom. The van der Waals surface area contributed by atoms with Gasteiger partial charge in [0.2, 0.25) is 0 Å². The molecule has 1 aliphatic heterocycles. The second-order valence-electron chi connectivity index (χ2n) is 6.66. The highest BCUT2D eigenvalue weighted by Crippen LogP contribution is 2.21. The van der Waals surface area contributed by atoms with Crippen molar-refractivity contribution in [2.45, 2.75) is 32.4 Å². The van der Waals surface area contributed by atoms with Crippen molar-refractivity contribution in [2.24, 2.45) is 5.41 Å². The van der Waals surface area contributed by atoms with E-state index in [-0.39, 0.29) is 17.6 Å². The van der Waals surface area contributed by atoms with Crippen LogP contribution in [-0.4, -0.2) is 79.9 Å². The molecule has 1 aliphatic rings. The molecule has 0 radical (unpaired) electrons. The largest absolute Gasteiger partial charge is 0.480 e. The zero-order valence-electron chi connectivity index (χ0n) is 13.5. The van der Waals surface area contributed by atoms with Crippen LogP contribution in [0, 0.1) is 5.41 Å². The normalized spacial score (nSPS) is 22.7. The zero-order valence-corrected chi connectivity index (χ0v) is 13.5. The molecule has 2 unspecified atom stereocenters. The number of nitrogens with zero attached hydrogens (tertiary/aromatic N) is 2. The first kappa shape index (κ1) is 17.7. The molecule has 1 heterocycles. The molecule has 0 aromatic heterocycles. The van der Waals surface area contributed by atoms with Crippen LogP contribution in [0.3, 0.4) is 0 Å². The highest BCUT2D eigenvalue weighted by atomic mass is 16.5. The molecule has 2 atom stereocenters. The summed E-state index contributed by atoms with van der Waals surface area (Å²) in [5, 5.41) is 12.1. The number of carbonyl (C=O) groups excluding carboxylic acids is 1. The van der Waals surface area contributed by atoms with Crippen LogP contribution < -0.4 is 5.32 Å². The quantitative estimate of drug-likeness (QED) is 0.745. The Balaban J connectivity index is 2.59. The lowest BCUT2D eigenvalue weighted by Crippen LogP contribution is -2.49. The maximum absolute atomic E-state index is 12.2. The number of carbonyl (C=O) groups is 2. The summed E-state index contributed by atoms with van der Waals surface area (Å²) in [7, 11) is 5.49. The first-order chi connectivity index (χ1) is 9.66. The number of aliphatic carboxylic acids is 1. The number of urea groups is 1. The van der Waals surface area contributed by atoms with Gasteiger partial charge in [0.1, 0.15) is 6.04 Å². The number of carboxylic acids is 1. The van der Waals surface area contributed by atoms with Gasteiger partial charge in [0.25, 0.3) is 0 Å². The molecule has 0 aromatic carbocycles. The third-order valence-electron chi connectivity index (χ3n) is 3.60. The fourth-order valence-corrected chi connectivity index (χ4v) is 2.76. The molecule has 2 N–H and O–H groups in total. The van der Waals surface area contributed by atoms with Crippen LogP contribution in [0.25, 0.3) is 0 Å².